The van der Waals surface area contributed by atoms with Crippen LogP contribution in [0.25, 0.3) is 0 Å². The second-order valence-electron chi connectivity index (χ2n) is 3.93. The minimum absolute atomic E-state index is 0.0741. The minimum Gasteiger partial charge on any atom is -0.326 e. The van der Waals surface area contributed by atoms with Gasteiger partial charge >= 0.3 is 0 Å². The molecule has 2 aromatic rings. The first kappa shape index (κ1) is 13.9. The molecule has 0 aliphatic rings. The molecule has 0 saturated heterocycles. The number of aromatic nitrogens is 2. The molecule has 2 rings (SSSR count). The summed E-state index contributed by atoms with van der Waals surface area (Å²) in [6.45, 7) is 0.335. The van der Waals surface area contributed by atoms with Gasteiger partial charge in [0.25, 0.3) is 10.0 Å². The highest BCUT2D eigenvalue weighted by molar-refractivity contribution is 7.92. The van der Waals surface area contributed by atoms with Gasteiger partial charge in [-0.05, 0) is 17.7 Å². The van der Waals surface area contributed by atoms with Gasteiger partial charge in [0.15, 0.2) is 5.03 Å². The normalized spacial score (nSPS) is 11.5. The van der Waals surface area contributed by atoms with Crippen LogP contribution in [0.2, 0.25) is 5.02 Å². The molecule has 0 saturated carbocycles. The van der Waals surface area contributed by atoms with Gasteiger partial charge in [0.2, 0.25) is 0 Å². The summed E-state index contributed by atoms with van der Waals surface area (Å²) < 4.78 is 28.1. The Balaban J connectivity index is 2.36. The standard InChI is InChI=1S/C11H13ClN4O2S/c1-16-11(10(12)7-14-16)19(17,18)15-9-4-2-3-8(5-9)6-13/h2-5,7,15H,6,13H2,1H3. The average Bonchev–Trinajstić information content (AvgIpc) is 2.69. The molecule has 0 spiro atoms. The van der Waals surface area contributed by atoms with E-state index >= 15 is 0 Å². The van der Waals surface area contributed by atoms with E-state index < -0.39 is 10.0 Å². The molecule has 0 aliphatic heterocycles. The number of hydrogen-bond donors (Lipinski definition) is 2. The van der Waals surface area contributed by atoms with Gasteiger partial charge < -0.3 is 5.73 Å². The van der Waals surface area contributed by atoms with Crippen molar-refractivity contribution < 1.29 is 8.42 Å². The van der Waals surface area contributed by atoms with Crippen molar-refractivity contribution in [2.45, 2.75) is 11.6 Å². The van der Waals surface area contributed by atoms with Crippen LogP contribution in [0.5, 0.6) is 0 Å². The zero-order valence-corrected chi connectivity index (χ0v) is 11.7. The summed E-state index contributed by atoms with van der Waals surface area (Å²) in [6.07, 6.45) is 1.28. The summed E-state index contributed by atoms with van der Waals surface area (Å²) >= 11 is 5.83. The predicted molar refractivity (Wildman–Crippen MR) is 73.4 cm³/mol. The molecule has 1 aromatic carbocycles. The van der Waals surface area contributed by atoms with Gasteiger partial charge in [-0.1, -0.05) is 23.7 Å². The SMILES string of the molecule is Cn1ncc(Cl)c1S(=O)(=O)Nc1cccc(CN)c1. The van der Waals surface area contributed by atoms with E-state index in [0.717, 1.165) is 5.56 Å². The van der Waals surface area contributed by atoms with Crippen molar-refractivity contribution in [3.05, 3.63) is 41.0 Å². The Morgan fingerprint density at radius 1 is 1.47 bits per heavy atom. The van der Waals surface area contributed by atoms with Crippen molar-refractivity contribution in [2.75, 3.05) is 4.72 Å². The third-order valence-corrected chi connectivity index (χ3v) is 4.40. The fourth-order valence-corrected chi connectivity index (χ4v) is 3.38. The largest absolute Gasteiger partial charge is 0.326 e. The van der Waals surface area contributed by atoms with Crippen molar-refractivity contribution in [3.8, 4) is 0 Å². The van der Waals surface area contributed by atoms with Crippen LogP contribution in [0.15, 0.2) is 35.5 Å². The maximum Gasteiger partial charge on any atom is 0.280 e. The smallest absolute Gasteiger partial charge is 0.280 e. The van der Waals surface area contributed by atoms with Gasteiger partial charge in [-0.3, -0.25) is 9.40 Å². The van der Waals surface area contributed by atoms with Crippen LogP contribution >= 0.6 is 11.6 Å². The monoisotopic (exact) mass is 300 g/mol. The molecule has 1 heterocycles. The fourth-order valence-electron chi connectivity index (χ4n) is 1.67. The average molecular weight is 301 g/mol. The van der Waals surface area contributed by atoms with E-state index in [2.05, 4.69) is 9.82 Å². The van der Waals surface area contributed by atoms with Crippen LogP contribution in [0.3, 0.4) is 0 Å². The molecule has 6 nitrogen and oxygen atoms in total. The lowest BCUT2D eigenvalue weighted by molar-refractivity contribution is 0.582. The number of anilines is 1. The second kappa shape index (κ2) is 5.20. The third-order valence-electron chi connectivity index (χ3n) is 2.51. The number of nitrogens with two attached hydrogens (primary N) is 1. The summed E-state index contributed by atoms with van der Waals surface area (Å²) in [5.41, 5.74) is 6.77. The van der Waals surface area contributed by atoms with Gasteiger partial charge in [0.1, 0.15) is 0 Å². The first-order valence-electron chi connectivity index (χ1n) is 5.43. The molecule has 8 heteroatoms. The van der Waals surface area contributed by atoms with Crippen molar-refractivity contribution in [2.24, 2.45) is 12.8 Å². The molecular formula is C11H13ClN4O2S. The van der Waals surface area contributed by atoms with Crippen LogP contribution < -0.4 is 10.5 Å². The molecule has 0 fully saturated rings. The van der Waals surface area contributed by atoms with Crippen molar-refractivity contribution in [3.63, 3.8) is 0 Å². The van der Waals surface area contributed by atoms with E-state index in [0.29, 0.717) is 12.2 Å². The summed E-state index contributed by atoms with van der Waals surface area (Å²) in [5, 5.41) is 3.80. The Labute approximate surface area is 116 Å². The van der Waals surface area contributed by atoms with Crippen molar-refractivity contribution in [1.29, 1.82) is 0 Å². The highest BCUT2D eigenvalue weighted by Gasteiger charge is 2.22. The van der Waals surface area contributed by atoms with E-state index in [-0.39, 0.29) is 10.0 Å². The van der Waals surface area contributed by atoms with E-state index in [1.54, 1.807) is 18.2 Å². The summed E-state index contributed by atoms with van der Waals surface area (Å²) in [5.74, 6) is 0. The third kappa shape index (κ3) is 2.89. The Bertz CT molecular complexity index is 677. The lowest BCUT2D eigenvalue weighted by Crippen LogP contribution is -2.17. The molecular weight excluding hydrogens is 288 g/mol. The quantitative estimate of drug-likeness (QED) is 0.891. The Hall–Kier alpha value is -1.57. The molecule has 0 aliphatic carbocycles. The van der Waals surface area contributed by atoms with E-state index in [9.17, 15) is 8.42 Å². The van der Waals surface area contributed by atoms with Gasteiger partial charge in [-0.25, -0.2) is 0 Å². The molecule has 19 heavy (non-hydrogen) atoms. The molecule has 1 aromatic heterocycles. The first-order chi connectivity index (χ1) is 8.94. The van der Waals surface area contributed by atoms with Crippen LogP contribution in [-0.4, -0.2) is 18.2 Å². The van der Waals surface area contributed by atoms with Gasteiger partial charge in [0.05, 0.1) is 11.2 Å². The maximum atomic E-state index is 12.2. The summed E-state index contributed by atoms with van der Waals surface area (Å²) in [6, 6.07) is 6.85. The molecule has 3 N–H and O–H groups in total. The lowest BCUT2D eigenvalue weighted by Gasteiger charge is -2.09. The minimum atomic E-state index is -3.78. The van der Waals surface area contributed by atoms with Crippen LogP contribution in [-0.2, 0) is 23.6 Å². The lowest BCUT2D eigenvalue weighted by atomic mass is 10.2. The fraction of sp³-hybridized carbons (Fsp3) is 0.182. The molecule has 0 unspecified atom stereocenters. The van der Waals surface area contributed by atoms with Gasteiger partial charge in [0, 0.05) is 19.3 Å². The van der Waals surface area contributed by atoms with Crippen LogP contribution in [0.4, 0.5) is 5.69 Å². The zero-order valence-electron chi connectivity index (χ0n) is 10.2. The molecule has 0 atom stereocenters. The maximum absolute atomic E-state index is 12.2. The molecule has 0 radical (unpaired) electrons. The molecule has 0 amide bonds. The van der Waals surface area contributed by atoms with Gasteiger partial charge in [-0.2, -0.15) is 13.5 Å². The first-order valence-corrected chi connectivity index (χ1v) is 7.29. The Morgan fingerprint density at radius 3 is 2.79 bits per heavy atom. The highest BCUT2D eigenvalue weighted by Crippen LogP contribution is 2.23. The number of nitrogens with zero attached hydrogens (tertiary/aromatic N) is 2. The molecule has 102 valence electrons. The Morgan fingerprint density at radius 2 is 2.21 bits per heavy atom. The molecule has 0 bridgehead atoms. The predicted octanol–water partition coefficient (Wildman–Crippen LogP) is 1.33. The zero-order chi connectivity index (χ0) is 14.0. The van der Waals surface area contributed by atoms with Crippen LogP contribution in [0.1, 0.15) is 5.56 Å². The number of hydrogen-bond acceptors (Lipinski definition) is 4. The van der Waals surface area contributed by atoms with E-state index in [4.69, 9.17) is 17.3 Å². The van der Waals surface area contributed by atoms with E-state index in [1.807, 2.05) is 6.07 Å². The summed E-state index contributed by atoms with van der Waals surface area (Å²) in [7, 11) is -2.27. The van der Waals surface area contributed by atoms with E-state index in [1.165, 1.54) is 17.9 Å². The topological polar surface area (TPSA) is 90.0 Å². The number of sulfonamides is 1. The highest BCUT2D eigenvalue weighted by atomic mass is 35.5. The van der Waals surface area contributed by atoms with Gasteiger partial charge in [-0.15, -0.1) is 0 Å². The number of benzene rings is 1. The van der Waals surface area contributed by atoms with Crippen LogP contribution in [0, 0.1) is 0 Å². The second-order valence-corrected chi connectivity index (χ2v) is 5.94. The van der Waals surface area contributed by atoms with Crippen molar-refractivity contribution >= 4 is 27.3 Å². The number of halogens is 1. The number of aryl methyl sites for hydroxylation is 1. The number of rotatable bonds is 4. The Kier molecular flexibility index (Phi) is 3.79. The summed E-state index contributed by atoms with van der Waals surface area (Å²) in [4.78, 5) is 0. The van der Waals surface area contributed by atoms with Crippen molar-refractivity contribution in [1.82, 2.24) is 9.78 Å². The number of nitrogens with one attached hydrogen (secondary N) is 1.